The zero-order valence-corrected chi connectivity index (χ0v) is 9.56. The predicted octanol–water partition coefficient (Wildman–Crippen LogP) is 1.77. The minimum absolute atomic E-state index is 0.0549. The Morgan fingerprint density at radius 3 is 2.76 bits per heavy atom. The summed E-state index contributed by atoms with van der Waals surface area (Å²) in [6, 6.07) is 3.13. The van der Waals surface area contributed by atoms with Gasteiger partial charge in [0.2, 0.25) is 5.91 Å². The number of nitrogens with zero attached hydrogens (tertiary/aromatic N) is 2. The third-order valence-corrected chi connectivity index (χ3v) is 2.88. The first kappa shape index (κ1) is 11.8. The van der Waals surface area contributed by atoms with Gasteiger partial charge in [0.15, 0.2) is 0 Å². The number of amides is 1. The maximum atomic E-state index is 13.5. The molecule has 0 aromatic heterocycles. The van der Waals surface area contributed by atoms with E-state index in [1.54, 1.807) is 0 Å². The van der Waals surface area contributed by atoms with Crippen LogP contribution in [0.1, 0.15) is 6.42 Å². The van der Waals surface area contributed by atoms with E-state index in [1.807, 2.05) is 0 Å². The normalized spacial score (nSPS) is 19.8. The van der Waals surface area contributed by atoms with Gasteiger partial charge < -0.3 is 4.90 Å². The first-order chi connectivity index (χ1) is 7.99. The zero-order chi connectivity index (χ0) is 12.6. The van der Waals surface area contributed by atoms with Crippen LogP contribution >= 0.6 is 12.6 Å². The number of anilines is 1. The van der Waals surface area contributed by atoms with Crippen LogP contribution in [-0.4, -0.2) is 22.6 Å². The van der Waals surface area contributed by atoms with Crippen molar-refractivity contribution in [3.05, 3.63) is 34.1 Å². The fraction of sp³-hybridized carbons (Fsp3) is 0.300. The van der Waals surface area contributed by atoms with Crippen molar-refractivity contribution in [3.63, 3.8) is 0 Å². The molecule has 0 spiro atoms. The number of rotatable bonds is 2. The van der Waals surface area contributed by atoms with Gasteiger partial charge in [0.1, 0.15) is 5.82 Å². The van der Waals surface area contributed by atoms with E-state index in [9.17, 15) is 19.3 Å². The van der Waals surface area contributed by atoms with E-state index in [0.717, 1.165) is 18.2 Å². The van der Waals surface area contributed by atoms with Gasteiger partial charge in [0.25, 0.3) is 5.69 Å². The molecular formula is C10H9FN2O3S. The van der Waals surface area contributed by atoms with Gasteiger partial charge >= 0.3 is 0 Å². The van der Waals surface area contributed by atoms with Crippen LogP contribution in [0.25, 0.3) is 0 Å². The number of hydrogen-bond donors (Lipinski definition) is 1. The van der Waals surface area contributed by atoms with Gasteiger partial charge in [0.05, 0.1) is 10.6 Å². The second-order valence-corrected chi connectivity index (χ2v) is 4.49. The largest absolute Gasteiger partial charge is 0.308 e. The van der Waals surface area contributed by atoms with Gasteiger partial charge in [-0.3, -0.25) is 14.9 Å². The molecule has 1 aliphatic rings. The summed E-state index contributed by atoms with van der Waals surface area (Å²) in [5, 5.41) is 10.4. The number of non-ortho nitro benzene ring substituents is 1. The maximum absolute atomic E-state index is 13.5. The van der Waals surface area contributed by atoms with Crippen molar-refractivity contribution in [2.24, 2.45) is 0 Å². The lowest BCUT2D eigenvalue weighted by Gasteiger charge is -2.16. The van der Waals surface area contributed by atoms with E-state index in [4.69, 9.17) is 0 Å². The molecule has 1 fully saturated rings. The third kappa shape index (κ3) is 2.23. The van der Waals surface area contributed by atoms with Crippen molar-refractivity contribution in [1.82, 2.24) is 0 Å². The SMILES string of the molecule is O=C1CC(S)CN1c1cc([N+](=O)[O-])ccc1F. The first-order valence-corrected chi connectivity index (χ1v) is 5.43. The molecule has 1 aliphatic heterocycles. The summed E-state index contributed by atoms with van der Waals surface area (Å²) in [5.74, 6) is -0.921. The van der Waals surface area contributed by atoms with Crippen molar-refractivity contribution >= 4 is 29.9 Å². The lowest BCUT2D eigenvalue weighted by Crippen LogP contribution is -2.25. The summed E-state index contributed by atoms with van der Waals surface area (Å²) in [7, 11) is 0. The average molecular weight is 256 g/mol. The van der Waals surface area contributed by atoms with Crippen molar-refractivity contribution < 1.29 is 14.1 Å². The minimum Gasteiger partial charge on any atom is -0.308 e. The summed E-state index contributed by atoms with van der Waals surface area (Å²) in [6.45, 7) is 0.264. The Kier molecular flexibility index (Phi) is 3.01. The van der Waals surface area contributed by atoms with Gasteiger partial charge in [-0.25, -0.2) is 4.39 Å². The first-order valence-electron chi connectivity index (χ1n) is 4.91. The number of carbonyl (C=O) groups is 1. The Balaban J connectivity index is 2.41. The van der Waals surface area contributed by atoms with Gasteiger partial charge in [-0.1, -0.05) is 0 Å². The molecule has 90 valence electrons. The van der Waals surface area contributed by atoms with E-state index in [0.29, 0.717) is 0 Å². The van der Waals surface area contributed by atoms with Crippen molar-refractivity contribution in [2.75, 3.05) is 11.4 Å². The van der Waals surface area contributed by atoms with E-state index >= 15 is 0 Å². The number of nitro groups is 1. The molecule has 1 amide bonds. The quantitative estimate of drug-likeness (QED) is 0.498. The summed E-state index contributed by atoms with van der Waals surface area (Å²) in [5.41, 5.74) is -0.294. The Bertz CT molecular complexity index is 494. The minimum atomic E-state index is -0.647. The lowest BCUT2D eigenvalue weighted by molar-refractivity contribution is -0.384. The summed E-state index contributed by atoms with van der Waals surface area (Å²) in [4.78, 5) is 22.7. The number of benzene rings is 1. The van der Waals surface area contributed by atoms with Gasteiger partial charge in [-0.2, -0.15) is 12.6 Å². The summed E-state index contributed by atoms with van der Waals surface area (Å²) < 4.78 is 13.5. The average Bonchev–Trinajstić information content (AvgIpc) is 2.58. The molecule has 1 saturated heterocycles. The van der Waals surface area contributed by atoms with E-state index < -0.39 is 10.7 Å². The number of carbonyl (C=O) groups excluding carboxylic acids is 1. The Morgan fingerprint density at radius 1 is 1.53 bits per heavy atom. The zero-order valence-electron chi connectivity index (χ0n) is 8.67. The molecule has 2 rings (SSSR count). The number of nitro benzene ring substituents is 1. The fourth-order valence-electron chi connectivity index (χ4n) is 1.74. The highest BCUT2D eigenvalue weighted by molar-refractivity contribution is 7.81. The van der Waals surface area contributed by atoms with Crippen LogP contribution in [0, 0.1) is 15.9 Å². The second-order valence-electron chi connectivity index (χ2n) is 3.76. The highest BCUT2D eigenvalue weighted by atomic mass is 32.1. The molecule has 7 heteroatoms. The molecule has 0 bridgehead atoms. The van der Waals surface area contributed by atoms with E-state index in [1.165, 1.54) is 4.90 Å². The third-order valence-electron chi connectivity index (χ3n) is 2.54. The van der Waals surface area contributed by atoms with Crippen LogP contribution in [0.4, 0.5) is 15.8 Å². The van der Waals surface area contributed by atoms with Crippen LogP contribution in [0.3, 0.4) is 0 Å². The van der Waals surface area contributed by atoms with Crippen LogP contribution in [-0.2, 0) is 4.79 Å². The summed E-state index contributed by atoms with van der Waals surface area (Å²) in [6.07, 6.45) is 0.214. The van der Waals surface area contributed by atoms with Gasteiger partial charge in [-0.05, 0) is 6.07 Å². The lowest BCUT2D eigenvalue weighted by atomic mass is 10.2. The molecule has 1 heterocycles. The predicted molar refractivity (Wildman–Crippen MR) is 62.8 cm³/mol. The molecule has 17 heavy (non-hydrogen) atoms. The Morgan fingerprint density at radius 2 is 2.24 bits per heavy atom. The standard InChI is InChI=1S/C10H9FN2O3S/c11-8-2-1-6(13(15)16)3-9(8)12-5-7(17)4-10(12)14/h1-3,7,17H,4-5H2. The van der Waals surface area contributed by atoms with Gasteiger partial charge in [-0.15, -0.1) is 0 Å². The molecule has 0 saturated carbocycles. The molecule has 0 N–H and O–H groups in total. The van der Waals surface area contributed by atoms with Crippen LogP contribution < -0.4 is 4.90 Å². The van der Waals surface area contributed by atoms with E-state index in [2.05, 4.69) is 12.6 Å². The number of thiol groups is 1. The highest BCUT2D eigenvalue weighted by Crippen LogP contribution is 2.29. The molecule has 1 atom stereocenters. The van der Waals surface area contributed by atoms with Crippen LogP contribution in [0.2, 0.25) is 0 Å². The number of hydrogen-bond acceptors (Lipinski definition) is 4. The topological polar surface area (TPSA) is 63.5 Å². The van der Waals surface area contributed by atoms with Gasteiger partial charge in [0, 0.05) is 30.3 Å². The monoisotopic (exact) mass is 256 g/mol. The highest BCUT2D eigenvalue weighted by Gasteiger charge is 2.30. The van der Waals surface area contributed by atoms with Crippen LogP contribution in [0.5, 0.6) is 0 Å². The molecular weight excluding hydrogens is 247 g/mol. The molecule has 0 aliphatic carbocycles. The fourth-order valence-corrected chi connectivity index (χ4v) is 2.06. The van der Waals surface area contributed by atoms with Crippen molar-refractivity contribution in [1.29, 1.82) is 0 Å². The number of halogens is 1. The molecule has 1 aromatic rings. The molecule has 1 unspecified atom stereocenters. The second kappa shape index (κ2) is 4.33. The van der Waals surface area contributed by atoms with Crippen molar-refractivity contribution in [3.8, 4) is 0 Å². The Hall–Kier alpha value is -1.63. The van der Waals surface area contributed by atoms with Crippen LogP contribution in [0.15, 0.2) is 18.2 Å². The summed E-state index contributed by atoms with van der Waals surface area (Å²) >= 11 is 4.14. The Labute approximate surface area is 102 Å². The molecule has 5 nitrogen and oxygen atoms in total. The maximum Gasteiger partial charge on any atom is 0.271 e. The smallest absolute Gasteiger partial charge is 0.271 e. The molecule has 0 radical (unpaired) electrons. The molecule has 1 aromatic carbocycles. The van der Waals surface area contributed by atoms with Crippen molar-refractivity contribution in [2.45, 2.75) is 11.7 Å². The van der Waals surface area contributed by atoms with E-state index in [-0.39, 0.29) is 35.5 Å².